The number of carbonyl (C=O) groups is 1. The number of benzene rings is 3. The van der Waals surface area contributed by atoms with E-state index in [1.54, 1.807) is 55.5 Å². The van der Waals surface area contributed by atoms with Crippen molar-refractivity contribution in [3.05, 3.63) is 83.4 Å². The Morgan fingerprint density at radius 2 is 1.52 bits per heavy atom. The molecule has 0 fully saturated rings. The van der Waals surface area contributed by atoms with Crippen LogP contribution >= 0.6 is 0 Å². The lowest BCUT2D eigenvalue weighted by molar-refractivity contribution is 0.102. The largest absolute Gasteiger partial charge is 0.506 e. The zero-order valence-electron chi connectivity index (χ0n) is 16.5. The highest BCUT2D eigenvalue weighted by Gasteiger charge is 2.29. The van der Waals surface area contributed by atoms with Crippen molar-refractivity contribution in [3.63, 3.8) is 0 Å². The molecule has 0 radical (unpaired) electrons. The first-order valence-electron chi connectivity index (χ1n) is 9.26. The van der Waals surface area contributed by atoms with E-state index < -0.39 is 9.84 Å². The van der Waals surface area contributed by atoms with Gasteiger partial charge in [-0.3, -0.25) is 4.79 Å². The molecule has 0 atom stereocenters. The molecule has 0 heterocycles. The Kier molecular flexibility index (Phi) is 5.75. The molecule has 0 spiro atoms. The summed E-state index contributed by atoms with van der Waals surface area (Å²) in [5.74, 6) is -0.774. The Morgan fingerprint density at radius 1 is 0.966 bits per heavy atom. The lowest BCUT2D eigenvalue weighted by atomic mass is 9.99. The number of sulfone groups is 1. The van der Waals surface area contributed by atoms with Crippen LogP contribution in [0.1, 0.15) is 41.3 Å². The van der Waals surface area contributed by atoms with E-state index in [0.29, 0.717) is 22.4 Å². The Labute approximate surface area is 171 Å². The lowest BCUT2D eigenvalue weighted by Crippen LogP contribution is -2.15. The summed E-state index contributed by atoms with van der Waals surface area (Å²) < 4.78 is 26.6. The van der Waals surface area contributed by atoms with E-state index >= 15 is 0 Å². The number of anilines is 1. The molecule has 0 aliphatic heterocycles. The predicted octanol–water partition coefficient (Wildman–Crippen LogP) is 4.91. The molecule has 5 nitrogen and oxygen atoms in total. The van der Waals surface area contributed by atoms with Crippen molar-refractivity contribution in [2.24, 2.45) is 0 Å². The van der Waals surface area contributed by atoms with Gasteiger partial charge in [0.1, 0.15) is 10.6 Å². The van der Waals surface area contributed by atoms with Gasteiger partial charge in [-0.2, -0.15) is 0 Å². The minimum Gasteiger partial charge on any atom is -0.506 e. The van der Waals surface area contributed by atoms with Crippen molar-refractivity contribution in [2.75, 3.05) is 5.32 Å². The van der Waals surface area contributed by atoms with Gasteiger partial charge >= 0.3 is 0 Å². The van der Waals surface area contributed by atoms with E-state index in [9.17, 15) is 18.3 Å². The van der Waals surface area contributed by atoms with Gasteiger partial charge in [0.2, 0.25) is 9.84 Å². The van der Waals surface area contributed by atoms with E-state index in [1.165, 1.54) is 12.1 Å². The summed E-state index contributed by atoms with van der Waals surface area (Å²) in [7, 11) is -3.98. The quantitative estimate of drug-likeness (QED) is 0.587. The number of nitrogens with one attached hydrogen (secondary N) is 1. The molecular weight excluding hydrogens is 386 g/mol. The summed E-state index contributed by atoms with van der Waals surface area (Å²) in [5.41, 5.74) is 1.56. The number of carbonyl (C=O) groups excluding carboxylic acids is 1. The van der Waals surface area contributed by atoms with Crippen LogP contribution in [0.15, 0.2) is 76.5 Å². The molecule has 0 aromatic heterocycles. The second-order valence-electron chi connectivity index (χ2n) is 7.11. The normalized spacial score (nSPS) is 11.4. The molecule has 29 heavy (non-hydrogen) atoms. The molecule has 0 saturated carbocycles. The summed E-state index contributed by atoms with van der Waals surface area (Å²) in [6.07, 6.45) is 0. The fraction of sp³-hybridized carbons (Fsp3) is 0.174. The van der Waals surface area contributed by atoms with Gasteiger partial charge < -0.3 is 10.4 Å². The highest BCUT2D eigenvalue weighted by atomic mass is 32.2. The standard InChI is InChI=1S/C23H23NO4S/c1-15(2)19-14-20(24-23(26)17-10-6-4-7-11-17)16(3)22(21(19)25)29(27,28)18-12-8-5-9-13-18/h4-15,25H,1-3H3,(H,24,26). The van der Waals surface area contributed by atoms with Crippen LogP contribution < -0.4 is 5.32 Å². The third-order valence-electron chi connectivity index (χ3n) is 4.76. The van der Waals surface area contributed by atoms with E-state index in [4.69, 9.17) is 0 Å². The number of amides is 1. The Balaban J connectivity index is 2.18. The Hall–Kier alpha value is -3.12. The molecule has 150 valence electrons. The number of phenols is 1. The third-order valence-corrected chi connectivity index (χ3v) is 6.69. The van der Waals surface area contributed by atoms with Gasteiger partial charge in [0.25, 0.3) is 5.91 Å². The maximum Gasteiger partial charge on any atom is 0.255 e. The van der Waals surface area contributed by atoms with Crippen molar-refractivity contribution in [2.45, 2.75) is 36.5 Å². The van der Waals surface area contributed by atoms with Crippen molar-refractivity contribution >= 4 is 21.4 Å². The number of aromatic hydroxyl groups is 1. The topological polar surface area (TPSA) is 83.5 Å². The highest BCUT2D eigenvalue weighted by molar-refractivity contribution is 7.91. The Morgan fingerprint density at radius 3 is 2.07 bits per heavy atom. The number of phenolic OH excluding ortho intramolecular Hbond substituents is 1. The predicted molar refractivity (Wildman–Crippen MR) is 113 cm³/mol. The molecule has 0 aliphatic rings. The smallest absolute Gasteiger partial charge is 0.255 e. The van der Waals surface area contributed by atoms with Gasteiger partial charge in [0, 0.05) is 11.3 Å². The maximum absolute atomic E-state index is 13.3. The van der Waals surface area contributed by atoms with Crippen LogP contribution in [0.4, 0.5) is 5.69 Å². The zero-order valence-corrected chi connectivity index (χ0v) is 17.3. The molecule has 3 aromatic carbocycles. The fourth-order valence-corrected chi connectivity index (χ4v) is 4.80. The zero-order chi connectivity index (χ0) is 21.2. The molecule has 6 heteroatoms. The van der Waals surface area contributed by atoms with Crippen LogP contribution in [0.25, 0.3) is 0 Å². The lowest BCUT2D eigenvalue weighted by Gasteiger charge is -2.19. The van der Waals surface area contributed by atoms with Crippen molar-refractivity contribution in [3.8, 4) is 5.75 Å². The van der Waals surface area contributed by atoms with Crippen LogP contribution in [-0.2, 0) is 9.84 Å². The summed E-state index contributed by atoms with van der Waals surface area (Å²) in [6.45, 7) is 5.29. The van der Waals surface area contributed by atoms with Crippen molar-refractivity contribution in [1.29, 1.82) is 0 Å². The van der Waals surface area contributed by atoms with Gasteiger partial charge in [-0.25, -0.2) is 8.42 Å². The van der Waals surface area contributed by atoms with E-state index in [-0.39, 0.29) is 27.4 Å². The molecule has 3 aromatic rings. The van der Waals surface area contributed by atoms with Gasteiger partial charge in [0.05, 0.1) is 4.90 Å². The van der Waals surface area contributed by atoms with Crippen LogP contribution in [0.5, 0.6) is 5.75 Å². The molecule has 3 rings (SSSR count). The summed E-state index contributed by atoms with van der Waals surface area (Å²) in [6, 6.07) is 18.3. The summed E-state index contributed by atoms with van der Waals surface area (Å²) in [5, 5.41) is 13.6. The van der Waals surface area contributed by atoms with Crippen LogP contribution in [0, 0.1) is 6.92 Å². The van der Waals surface area contributed by atoms with Crippen molar-refractivity contribution < 1.29 is 18.3 Å². The van der Waals surface area contributed by atoms with Crippen LogP contribution in [0.2, 0.25) is 0 Å². The van der Waals surface area contributed by atoms with Crippen LogP contribution in [0.3, 0.4) is 0 Å². The molecule has 1 amide bonds. The first kappa shape index (κ1) is 20.6. The highest BCUT2D eigenvalue weighted by Crippen LogP contribution is 2.41. The fourth-order valence-electron chi connectivity index (χ4n) is 3.16. The molecule has 0 unspecified atom stereocenters. The summed E-state index contributed by atoms with van der Waals surface area (Å²) >= 11 is 0. The van der Waals surface area contributed by atoms with E-state index in [1.807, 2.05) is 19.9 Å². The molecule has 0 bridgehead atoms. The molecule has 2 N–H and O–H groups in total. The van der Waals surface area contributed by atoms with Gasteiger partial charge in [-0.1, -0.05) is 50.2 Å². The average molecular weight is 410 g/mol. The first-order chi connectivity index (χ1) is 13.7. The van der Waals surface area contributed by atoms with Gasteiger partial charge in [0.15, 0.2) is 0 Å². The molecular formula is C23H23NO4S. The van der Waals surface area contributed by atoms with Crippen LogP contribution in [-0.4, -0.2) is 19.4 Å². The minimum atomic E-state index is -3.98. The number of rotatable bonds is 5. The second-order valence-corrected chi connectivity index (χ2v) is 8.99. The summed E-state index contributed by atoms with van der Waals surface area (Å²) in [4.78, 5) is 12.5. The molecule has 0 aliphatic carbocycles. The van der Waals surface area contributed by atoms with Crippen molar-refractivity contribution in [1.82, 2.24) is 0 Å². The second kappa shape index (κ2) is 8.09. The Bertz CT molecular complexity index is 1140. The van der Waals surface area contributed by atoms with E-state index in [2.05, 4.69) is 5.32 Å². The average Bonchev–Trinajstić information content (AvgIpc) is 2.71. The minimum absolute atomic E-state index is 0.0830. The van der Waals surface area contributed by atoms with Gasteiger partial charge in [-0.15, -0.1) is 0 Å². The number of hydrogen-bond acceptors (Lipinski definition) is 4. The van der Waals surface area contributed by atoms with E-state index in [0.717, 1.165) is 0 Å². The van der Waals surface area contributed by atoms with Gasteiger partial charge in [-0.05, 0) is 54.3 Å². The monoisotopic (exact) mass is 409 g/mol. The SMILES string of the molecule is Cc1c(NC(=O)c2ccccc2)cc(C(C)C)c(O)c1S(=O)(=O)c1ccccc1. The maximum atomic E-state index is 13.3. The third kappa shape index (κ3) is 4.03. The number of hydrogen-bond donors (Lipinski definition) is 2. The molecule has 0 saturated heterocycles. The first-order valence-corrected chi connectivity index (χ1v) is 10.7.